The van der Waals surface area contributed by atoms with Crippen LogP contribution in [0.3, 0.4) is 0 Å². The van der Waals surface area contributed by atoms with Crippen LogP contribution in [0.2, 0.25) is 0 Å². The van der Waals surface area contributed by atoms with Crippen LogP contribution in [0.5, 0.6) is 0 Å². The van der Waals surface area contributed by atoms with Gasteiger partial charge < -0.3 is 0 Å². The molecule has 0 heterocycles. The maximum absolute atomic E-state index is 12.9. The number of alkyl halides is 3. The van der Waals surface area contributed by atoms with Gasteiger partial charge in [0, 0.05) is 17.3 Å². The zero-order chi connectivity index (χ0) is 19.0. The molecular formula is C15H13F3N2O4S. The van der Waals surface area contributed by atoms with Gasteiger partial charge in [0.15, 0.2) is 0 Å². The van der Waals surface area contributed by atoms with Crippen LogP contribution < -0.4 is 4.72 Å². The van der Waals surface area contributed by atoms with Gasteiger partial charge >= 0.3 is 6.18 Å². The highest BCUT2D eigenvalue weighted by Gasteiger charge is 2.33. The van der Waals surface area contributed by atoms with E-state index in [9.17, 15) is 31.7 Å². The lowest BCUT2D eigenvalue weighted by Gasteiger charge is -2.14. The number of anilines is 1. The van der Waals surface area contributed by atoms with Crippen LogP contribution in [0.4, 0.5) is 24.5 Å². The second kappa shape index (κ2) is 6.36. The molecule has 0 spiro atoms. The molecular weight excluding hydrogens is 361 g/mol. The number of rotatable bonds is 4. The molecule has 0 aliphatic rings. The van der Waals surface area contributed by atoms with E-state index in [1.165, 1.54) is 26.0 Å². The van der Waals surface area contributed by atoms with E-state index in [0.29, 0.717) is 6.07 Å². The monoisotopic (exact) mass is 374 g/mol. The Kier molecular flexibility index (Phi) is 4.76. The molecule has 0 amide bonds. The highest BCUT2D eigenvalue weighted by Crippen LogP contribution is 2.34. The van der Waals surface area contributed by atoms with Gasteiger partial charge in [-0.25, -0.2) is 8.42 Å². The zero-order valence-corrected chi connectivity index (χ0v) is 13.9. The van der Waals surface area contributed by atoms with Crippen molar-refractivity contribution in [2.75, 3.05) is 4.72 Å². The molecule has 25 heavy (non-hydrogen) atoms. The number of nitro groups is 1. The lowest BCUT2D eigenvalue weighted by molar-refractivity contribution is -0.385. The summed E-state index contributed by atoms with van der Waals surface area (Å²) >= 11 is 0. The quantitative estimate of drug-likeness (QED) is 0.646. The molecule has 10 heteroatoms. The Morgan fingerprint density at radius 1 is 1.12 bits per heavy atom. The minimum atomic E-state index is -4.63. The Bertz CT molecular complexity index is 940. The lowest BCUT2D eigenvalue weighted by atomic mass is 10.1. The summed E-state index contributed by atoms with van der Waals surface area (Å²) in [6.07, 6.45) is -4.63. The number of nitrogens with one attached hydrogen (secondary N) is 1. The van der Waals surface area contributed by atoms with Gasteiger partial charge in [-0.2, -0.15) is 13.2 Å². The van der Waals surface area contributed by atoms with Crippen molar-refractivity contribution in [3.05, 3.63) is 63.2 Å². The van der Waals surface area contributed by atoms with E-state index >= 15 is 0 Å². The number of nitro benzene ring substituents is 1. The predicted molar refractivity (Wildman–Crippen MR) is 84.8 cm³/mol. The van der Waals surface area contributed by atoms with Crippen molar-refractivity contribution in [2.45, 2.75) is 24.9 Å². The van der Waals surface area contributed by atoms with E-state index in [2.05, 4.69) is 0 Å². The van der Waals surface area contributed by atoms with Crippen LogP contribution in [0.25, 0.3) is 0 Å². The first kappa shape index (κ1) is 18.7. The van der Waals surface area contributed by atoms with Gasteiger partial charge in [0.1, 0.15) is 0 Å². The van der Waals surface area contributed by atoms with E-state index in [1.54, 1.807) is 0 Å². The van der Waals surface area contributed by atoms with Crippen molar-refractivity contribution in [3.63, 3.8) is 0 Å². The Morgan fingerprint density at radius 2 is 1.76 bits per heavy atom. The molecule has 0 aliphatic heterocycles. The maximum atomic E-state index is 12.9. The molecule has 0 fully saturated rings. The molecule has 2 aromatic carbocycles. The minimum Gasteiger partial charge on any atom is -0.280 e. The van der Waals surface area contributed by atoms with E-state index in [0.717, 1.165) is 18.2 Å². The summed E-state index contributed by atoms with van der Waals surface area (Å²) in [6.45, 7) is 2.51. The zero-order valence-electron chi connectivity index (χ0n) is 13.1. The van der Waals surface area contributed by atoms with Crippen LogP contribution in [0.1, 0.15) is 16.7 Å². The molecule has 0 saturated carbocycles. The Labute approximate surface area is 141 Å². The molecule has 0 aromatic heterocycles. The number of nitrogens with zero attached hydrogens (tertiary/aromatic N) is 1. The molecule has 0 saturated heterocycles. The van der Waals surface area contributed by atoms with Crippen LogP contribution in [0.15, 0.2) is 41.3 Å². The van der Waals surface area contributed by atoms with Gasteiger partial charge in [0.25, 0.3) is 15.7 Å². The smallest absolute Gasteiger partial charge is 0.280 e. The van der Waals surface area contributed by atoms with E-state index in [4.69, 9.17) is 0 Å². The van der Waals surface area contributed by atoms with Crippen molar-refractivity contribution in [1.82, 2.24) is 0 Å². The first-order valence-electron chi connectivity index (χ1n) is 6.88. The highest BCUT2D eigenvalue weighted by atomic mass is 32.2. The van der Waals surface area contributed by atoms with Crippen LogP contribution in [-0.2, 0) is 16.2 Å². The highest BCUT2D eigenvalue weighted by molar-refractivity contribution is 7.92. The summed E-state index contributed by atoms with van der Waals surface area (Å²) in [4.78, 5) is 9.80. The fraction of sp³-hybridized carbons (Fsp3) is 0.200. The third-order valence-corrected chi connectivity index (χ3v) is 5.06. The normalized spacial score (nSPS) is 12.0. The predicted octanol–water partition coefficient (Wildman–Crippen LogP) is 4.03. The van der Waals surface area contributed by atoms with Gasteiger partial charge in [-0.3, -0.25) is 14.8 Å². The van der Waals surface area contributed by atoms with E-state index < -0.39 is 32.4 Å². The number of benzene rings is 2. The summed E-state index contributed by atoms with van der Waals surface area (Å²) < 4.78 is 65.7. The molecule has 0 bridgehead atoms. The number of aryl methyl sites for hydroxylation is 1. The van der Waals surface area contributed by atoms with E-state index in [-0.39, 0.29) is 21.7 Å². The van der Waals surface area contributed by atoms with Crippen molar-refractivity contribution in [2.24, 2.45) is 0 Å². The molecule has 134 valence electrons. The molecule has 0 radical (unpaired) electrons. The van der Waals surface area contributed by atoms with Crippen LogP contribution in [-0.4, -0.2) is 13.3 Å². The van der Waals surface area contributed by atoms with Gasteiger partial charge in [-0.15, -0.1) is 0 Å². The maximum Gasteiger partial charge on any atom is 0.416 e. The first-order valence-corrected chi connectivity index (χ1v) is 8.36. The van der Waals surface area contributed by atoms with Gasteiger partial charge in [0.2, 0.25) is 0 Å². The van der Waals surface area contributed by atoms with E-state index in [1.807, 2.05) is 4.72 Å². The molecule has 2 rings (SSSR count). The van der Waals surface area contributed by atoms with Gasteiger partial charge in [0.05, 0.1) is 15.4 Å². The van der Waals surface area contributed by atoms with Crippen LogP contribution >= 0.6 is 0 Å². The van der Waals surface area contributed by atoms with Crippen molar-refractivity contribution in [1.29, 1.82) is 0 Å². The van der Waals surface area contributed by atoms with Crippen molar-refractivity contribution < 1.29 is 26.5 Å². The fourth-order valence-corrected chi connectivity index (χ4v) is 3.61. The van der Waals surface area contributed by atoms with Crippen molar-refractivity contribution in [3.8, 4) is 0 Å². The molecule has 6 nitrogen and oxygen atoms in total. The summed E-state index contributed by atoms with van der Waals surface area (Å²) in [6, 6.07) is 6.48. The lowest BCUT2D eigenvalue weighted by Crippen LogP contribution is -2.16. The molecule has 2 aromatic rings. The molecule has 0 aliphatic carbocycles. The number of hydrogen-bond donors (Lipinski definition) is 1. The summed E-state index contributed by atoms with van der Waals surface area (Å²) in [5.74, 6) is 0. The second-order valence-corrected chi connectivity index (χ2v) is 6.94. The Morgan fingerprint density at radius 3 is 2.32 bits per heavy atom. The second-order valence-electron chi connectivity index (χ2n) is 5.29. The summed E-state index contributed by atoms with van der Waals surface area (Å²) in [7, 11) is -4.30. The number of halogens is 3. The minimum absolute atomic E-state index is 0.0537. The topological polar surface area (TPSA) is 89.3 Å². The number of hydrogen-bond acceptors (Lipinski definition) is 4. The Hall–Kier alpha value is -2.62. The Balaban J connectivity index is 2.47. The SMILES string of the molecule is Cc1ccc(NS(=O)(=O)c2cccc([N+](=O)[O-])c2C)cc1C(F)(F)F. The first-order chi connectivity index (χ1) is 11.4. The van der Waals surface area contributed by atoms with Crippen molar-refractivity contribution >= 4 is 21.4 Å². The fourth-order valence-electron chi connectivity index (χ4n) is 2.29. The number of sulfonamides is 1. The average Bonchev–Trinajstić information content (AvgIpc) is 2.47. The average molecular weight is 374 g/mol. The molecule has 0 atom stereocenters. The largest absolute Gasteiger partial charge is 0.416 e. The molecule has 0 unspecified atom stereocenters. The van der Waals surface area contributed by atoms with Gasteiger partial charge in [-0.1, -0.05) is 12.1 Å². The van der Waals surface area contributed by atoms with Crippen LogP contribution in [0, 0.1) is 24.0 Å². The van der Waals surface area contributed by atoms with Gasteiger partial charge in [-0.05, 0) is 37.6 Å². The summed E-state index contributed by atoms with van der Waals surface area (Å²) in [5.41, 5.74) is -1.82. The third-order valence-electron chi connectivity index (χ3n) is 3.54. The molecule has 1 N–H and O–H groups in total. The summed E-state index contributed by atoms with van der Waals surface area (Å²) in [5, 5.41) is 10.9. The standard InChI is InChI=1S/C15H13F3N2O4S/c1-9-6-7-11(8-12(9)15(16,17)18)19-25(23,24)14-5-3-4-13(10(14)2)20(21)22/h3-8,19H,1-2H3. The third kappa shape index (κ3) is 3.90.